The van der Waals surface area contributed by atoms with E-state index < -0.39 is 18.4 Å². The molecule has 1 rings (SSSR count). The van der Waals surface area contributed by atoms with Crippen molar-refractivity contribution in [1.82, 2.24) is 0 Å². The molecule has 0 fully saturated rings. The molecule has 0 aromatic rings. The van der Waals surface area contributed by atoms with Gasteiger partial charge in [-0.2, -0.15) is 0 Å². The Labute approximate surface area is 140 Å². The first-order valence-corrected chi connectivity index (χ1v) is 16.6. The summed E-state index contributed by atoms with van der Waals surface area (Å²) in [6, 6.07) is 0. The van der Waals surface area contributed by atoms with E-state index in [2.05, 4.69) is 20.8 Å². The van der Waals surface area contributed by atoms with E-state index in [4.69, 9.17) is 9.47 Å². The summed E-state index contributed by atoms with van der Waals surface area (Å²) in [5.74, 6) is -0.141. The second-order valence-electron chi connectivity index (χ2n) is 6.49. The van der Waals surface area contributed by atoms with E-state index >= 15 is 0 Å². The number of carbonyl (C=O) groups excluding carboxylic acids is 1. The van der Waals surface area contributed by atoms with E-state index in [1.54, 1.807) is 0 Å². The van der Waals surface area contributed by atoms with Crippen molar-refractivity contribution in [2.75, 3.05) is 13.7 Å². The van der Waals surface area contributed by atoms with Gasteiger partial charge in [-0.3, -0.25) is 0 Å². The summed E-state index contributed by atoms with van der Waals surface area (Å²) < 4.78 is 16.3. The number of hydrogen-bond acceptors (Lipinski definition) is 3. The van der Waals surface area contributed by atoms with E-state index in [1.807, 2.05) is 0 Å². The maximum atomic E-state index is 12.2. The van der Waals surface area contributed by atoms with Gasteiger partial charge in [-0.1, -0.05) is 0 Å². The standard InChI is InChI=1S/C6H7O3.3C4H9.Sn/c1-8-6(7)5-2-3-9-4-5;3*1-3-4-2;/h2-3H2,1H3;3*1,3-4H2,2H3;. The Kier molecular flexibility index (Phi) is 9.53. The molecule has 0 bridgehead atoms. The molecule has 0 saturated heterocycles. The van der Waals surface area contributed by atoms with Gasteiger partial charge in [0.05, 0.1) is 0 Å². The third kappa shape index (κ3) is 5.17. The summed E-state index contributed by atoms with van der Waals surface area (Å²) in [7, 11) is 1.49. The van der Waals surface area contributed by atoms with Crippen molar-refractivity contribution < 1.29 is 14.3 Å². The van der Waals surface area contributed by atoms with Crippen molar-refractivity contribution in [2.45, 2.75) is 79.0 Å². The predicted octanol–water partition coefficient (Wildman–Crippen LogP) is 5.22. The minimum absolute atomic E-state index is 0.141. The van der Waals surface area contributed by atoms with Crippen LogP contribution in [0.5, 0.6) is 0 Å². The number of hydrogen-bond donors (Lipinski definition) is 0. The first-order valence-electron chi connectivity index (χ1n) is 9.09. The Morgan fingerprint density at radius 3 is 1.95 bits per heavy atom. The molecule has 0 saturated carbocycles. The Balaban J connectivity index is 3.15. The number of methoxy groups -OCH3 is 1. The van der Waals surface area contributed by atoms with Gasteiger partial charge in [-0.05, 0) is 0 Å². The summed E-state index contributed by atoms with van der Waals surface area (Å²) in [5, 5.41) is 0. The molecule has 0 radical (unpaired) electrons. The Morgan fingerprint density at radius 1 is 1.05 bits per heavy atom. The number of unbranched alkanes of at least 4 members (excludes halogenated alkanes) is 3. The van der Waals surface area contributed by atoms with Crippen molar-refractivity contribution >= 4 is 24.3 Å². The van der Waals surface area contributed by atoms with Crippen LogP contribution in [0.15, 0.2) is 9.35 Å². The van der Waals surface area contributed by atoms with E-state index in [0.29, 0.717) is 6.61 Å². The fraction of sp³-hybridized carbons (Fsp3) is 0.833. The molecule has 0 atom stereocenters. The van der Waals surface area contributed by atoms with Crippen LogP contribution in [0.4, 0.5) is 0 Å². The topological polar surface area (TPSA) is 35.5 Å². The average molecular weight is 417 g/mol. The van der Waals surface area contributed by atoms with Crippen LogP contribution in [0.25, 0.3) is 0 Å². The van der Waals surface area contributed by atoms with Gasteiger partial charge in [0.1, 0.15) is 0 Å². The first kappa shape index (κ1) is 19.9. The summed E-state index contributed by atoms with van der Waals surface area (Å²) in [6.45, 7) is 7.48. The fourth-order valence-corrected chi connectivity index (χ4v) is 20.1. The molecular formula is C18H34O3Sn. The molecular weight excluding hydrogens is 383 g/mol. The van der Waals surface area contributed by atoms with Gasteiger partial charge in [0.25, 0.3) is 0 Å². The molecule has 1 aliphatic heterocycles. The van der Waals surface area contributed by atoms with Crippen LogP contribution in [0.3, 0.4) is 0 Å². The molecule has 1 aliphatic rings. The van der Waals surface area contributed by atoms with E-state index in [9.17, 15) is 4.79 Å². The molecule has 0 amide bonds. The Bertz CT molecular complexity index is 355. The van der Waals surface area contributed by atoms with Gasteiger partial charge in [-0.15, -0.1) is 0 Å². The van der Waals surface area contributed by atoms with E-state index in [-0.39, 0.29) is 5.97 Å². The molecule has 0 N–H and O–H groups in total. The monoisotopic (exact) mass is 418 g/mol. The summed E-state index contributed by atoms with van der Waals surface area (Å²) in [4.78, 5) is 12.2. The Morgan fingerprint density at radius 2 is 1.55 bits per heavy atom. The Hall–Kier alpha value is -0.191. The zero-order chi connectivity index (χ0) is 16.4. The van der Waals surface area contributed by atoms with Crippen LogP contribution in [0, 0.1) is 0 Å². The number of ether oxygens (including phenoxy) is 2. The van der Waals surface area contributed by atoms with Crippen molar-refractivity contribution in [2.24, 2.45) is 0 Å². The number of carbonyl (C=O) groups is 1. The van der Waals surface area contributed by atoms with Crippen LogP contribution < -0.4 is 0 Å². The molecule has 0 spiro atoms. The summed E-state index contributed by atoms with van der Waals surface area (Å²) >= 11 is -2.61. The normalized spacial score (nSPS) is 15.1. The van der Waals surface area contributed by atoms with Crippen LogP contribution in [0.1, 0.15) is 65.7 Å². The van der Waals surface area contributed by atoms with E-state index in [0.717, 1.165) is 12.0 Å². The van der Waals surface area contributed by atoms with Crippen LogP contribution >= 0.6 is 0 Å². The molecule has 0 unspecified atom stereocenters. The number of rotatable bonds is 11. The molecule has 1 heterocycles. The zero-order valence-corrected chi connectivity index (χ0v) is 17.9. The van der Waals surface area contributed by atoms with Crippen molar-refractivity contribution in [1.29, 1.82) is 0 Å². The summed E-state index contributed by atoms with van der Waals surface area (Å²) in [6.07, 6.45) is 8.30. The SMILES string of the molecule is CCC[CH2][Sn]([CH2]CCC)([CH2]CCC)[C]1=C(C(=O)OC)CCO1. The molecule has 3 nitrogen and oxygen atoms in total. The van der Waals surface area contributed by atoms with Crippen molar-refractivity contribution in [3.05, 3.63) is 9.35 Å². The average Bonchev–Trinajstić information content (AvgIpc) is 3.04. The van der Waals surface area contributed by atoms with Crippen LogP contribution in [-0.4, -0.2) is 38.1 Å². The molecule has 0 aromatic carbocycles. The van der Waals surface area contributed by atoms with Gasteiger partial charge >= 0.3 is 141 Å². The molecule has 22 heavy (non-hydrogen) atoms. The third-order valence-electron chi connectivity index (χ3n) is 4.81. The minimum atomic E-state index is -2.61. The van der Waals surface area contributed by atoms with Crippen LogP contribution in [0.2, 0.25) is 13.3 Å². The van der Waals surface area contributed by atoms with Gasteiger partial charge < -0.3 is 0 Å². The van der Waals surface area contributed by atoms with Crippen molar-refractivity contribution in [3.8, 4) is 0 Å². The zero-order valence-electron chi connectivity index (χ0n) is 15.0. The second kappa shape index (κ2) is 10.6. The quantitative estimate of drug-likeness (QED) is 0.342. The predicted molar refractivity (Wildman–Crippen MR) is 94.5 cm³/mol. The maximum absolute atomic E-state index is 12.2. The summed E-state index contributed by atoms with van der Waals surface area (Å²) in [5.41, 5.74) is 0.890. The first-order chi connectivity index (χ1) is 10.6. The van der Waals surface area contributed by atoms with E-state index in [1.165, 1.54) is 62.7 Å². The van der Waals surface area contributed by atoms with Gasteiger partial charge in [0.15, 0.2) is 0 Å². The van der Waals surface area contributed by atoms with Crippen molar-refractivity contribution in [3.63, 3.8) is 0 Å². The van der Waals surface area contributed by atoms with Gasteiger partial charge in [0, 0.05) is 0 Å². The second-order valence-corrected chi connectivity index (χ2v) is 19.4. The number of esters is 1. The fourth-order valence-electron chi connectivity index (χ4n) is 3.51. The van der Waals surface area contributed by atoms with Gasteiger partial charge in [0.2, 0.25) is 0 Å². The molecule has 0 aliphatic carbocycles. The molecule has 0 aromatic heterocycles. The molecule has 128 valence electrons. The van der Waals surface area contributed by atoms with Crippen LogP contribution in [-0.2, 0) is 14.3 Å². The van der Waals surface area contributed by atoms with Gasteiger partial charge in [-0.25, -0.2) is 0 Å². The third-order valence-corrected chi connectivity index (χ3v) is 20.1. The molecule has 4 heteroatoms.